The number of hydrogen-bond donors (Lipinski definition) is 5. The van der Waals surface area contributed by atoms with E-state index in [0.29, 0.717) is 33.4 Å². The van der Waals surface area contributed by atoms with Crippen molar-refractivity contribution in [1.29, 1.82) is 0 Å². The zero-order chi connectivity index (χ0) is 30.0. The highest BCUT2D eigenvalue weighted by molar-refractivity contribution is 14.1. The Morgan fingerprint density at radius 1 is 1.00 bits per heavy atom. The van der Waals surface area contributed by atoms with E-state index in [4.69, 9.17) is 32.9 Å². The molecule has 9 nitrogen and oxygen atoms in total. The topological polar surface area (TPSA) is 136 Å². The van der Waals surface area contributed by atoms with E-state index in [-0.39, 0.29) is 35.9 Å². The number of aliphatic hydroxyl groups excluding tert-OH is 2. The first-order valence-corrected chi connectivity index (χ1v) is 14.8. The van der Waals surface area contributed by atoms with E-state index >= 15 is 0 Å². The molecule has 218 valence electrons. The first-order valence-electron chi connectivity index (χ1n) is 13.0. The molecule has 2 aromatic heterocycles. The summed E-state index contributed by atoms with van der Waals surface area (Å²) in [6, 6.07) is 20.9. The van der Waals surface area contributed by atoms with Crippen LogP contribution in [0.15, 0.2) is 77.6 Å². The summed E-state index contributed by atoms with van der Waals surface area (Å²) >= 11 is 15.3. The molecule has 12 heteroatoms. The highest BCUT2D eigenvalue weighted by atomic mass is 127. The van der Waals surface area contributed by atoms with Crippen molar-refractivity contribution >= 4 is 45.8 Å². The van der Waals surface area contributed by atoms with Gasteiger partial charge in [-0.2, -0.15) is 0 Å². The molecule has 0 aliphatic heterocycles. The summed E-state index contributed by atoms with van der Waals surface area (Å²) in [7, 11) is 0. The zero-order valence-corrected chi connectivity index (χ0v) is 25.9. The van der Waals surface area contributed by atoms with E-state index in [1.807, 2.05) is 55.5 Å². The molecule has 0 fully saturated rings. The van der Waals surface area contributed by atoms with Crippen LogP contribution in [0.4, 0.5) is 0 Å². The Balaban J connectivity index is 1.60. The van der Waals surface area contributed by atoms with E-state index in [1.165, 1.54) is 4.57 Å². The molecule has 2 atom stereocenters. The molecule has 5 N–H and O–H groups in total. The number of aromatic nitrogens is 4. The Kier molecular flexibility index (Phi) is 9.28. The van der Waals surface area contributed by atoms with E-state index in [2.05, 4.69) is 32.6 Å². The third-order valence-electron chi connectivity index (χ3n) is 6.98. The number of aromatic hydroxyl groups is 1. The van der Waals surface area contributed by atoms with Gasteiger partial charge in [0, 0.05) is 20.6 Å². The number of ether oxygens (including phenoxy) is 1. The average molecular weight is 721 g/mol. The van der Waals surface area contributed by atoms with Crippen LogP contribution in [-0.4, -0.2) is 54.2 Å². The molecule has 5 rings (SSSR count). The second kappa shape index (κ2) is 12.9. The summed E-state index contributed by atoms with van der Waals surface area (Å²) in [6.45, 7) is 1.26. The van der Waals surface area contributed by atoms with Gasteiger partial charge >= 0.3 is 5.69 Å². The van der Waals surface area contributed by atoms with Gasteiger partial charge in [0.25, 0.3) is 0 Å². The molecule has 3 aromatic carbocycles. The average Bonchev–Trinajstić information content (AvgIpc) is 3.51. The lowest BCUT2D eigenvalue weighted by molar-refractivity contribution is 0.0629. The smallest absolute Gasteiger partial charge is 0.329 e. The van der Waals surface area contributed by atoms with Gasteiger partial charge in [0.2, 0.25) is 5.88 Å². The summed E-state index contributed by atoms with van der Waals surface area (Å²) in [5.74, 6) is 0.166. The van der Waals surface area contributed by atoms with Crippen LogP contribution >= 0.6 is 45.8 Å². The molecule has 2 heterocycles. The van der Waals surface area contributed by atoms with Crippen molar-refractivity contribution < 1.29 is 20.1 Å². The molecule has 5 aromatic rings. The van der Waals surface area contributed by atoms with Crippen molar-refractivity contribution in [2.45, 2.75) is 25.0 Å². The first kappa shape index (κ1) is 30.2. The van der Waals surface area contributed by atoms with Crippen molar-refractivity contribution in [3.63, 3.8) is 0 Å². The van der Waals surface area contributed by atoms with Crippen LogP contribution < -0.4 is 10.4 Å². The SMILES string of the molecule is C[C@@H](c1ccccc1)[C@@H](c1nc(-c2ccc(I)cc2Cl)c(Cl)[nH]1)n1c(O)c(-c2ccc(OC(CO)CO)cc2)[nH]c1=O. The molecule has 0 aliphatic rings. The van der Waals surface area contributed by atoms with Crippen molar-refractivity contribution in [3.05, 3.63) is 108 Å². The lowest BCUT2D eigenvalue weighted by Crippen LogP contribution is -2.27. The number of halogens is 3. The number of nitrogens with zero attached hydrogens (tertiary/aromatic N) is 2. The minimum Gasteiger partial charge on any atom is -0.493 e. The van der Waals surface area contributed by atoms with Crippen molar-refractivity contribution in [1.82, 2.24) is 19.5 Å². The molecule has 0 bridgehead atoms. The van der Waals surface area contributed by atoms with Crippen LogP contribution in [0.3, 0.4) is 0 Å². The number of aliphatic hydroxyl groups is 2. The largest absolute Gasteiger partial charge is 0.493 e. The van der Waals surface area contributed by atoms with E-state index < -0.39 is 17.8 Å². The quantitative estimate of drug-likeness (QED) is 0.113. The summed E-state index contributed by atoms with van der Waals surface area (Å²) in [4.78, 5) is 24.2. The van der Waals surface area contributed by atoms with Gasteiger partial charge in [-0.3, -0.25) is 4.57 Å². The van der Waals surface area contributed by atoms with E-state index in [1.54, 1.807) is 24.3 Å². The fourth-order valence-electron chi connectivity index (χ4n) is 4.81. The second-order valence-corrected chi connectivity index (χ2v) is 11.7. The van der Waals surface area contributed by atoms with Crippen LogP contribution in [0.1, 0.15) is 30.3 Å². The summed E-state index contributed by atoms with van der Waals surface area (Å²) in [5.41, 5.74) is 2.17. The Hall–Kier alpha value is -3.29. The van der Waals surface area contributed by atoms with E-state index in [9.17, 15) is 20.1 Å². The molecule has 0 radical (unpaired) electrons. The Morgan fingerprint density at radius 3 is 2.33 bits per heavy atom. The van der Waals surface area contributed by atoms with Crippen LogP contribution in [0.25, 0.3) is 22.5 Å². The molecule has 0 saturated carbocycles. The van der Waals surface area contributed by atoms with Crippen LogP contribution in [-0.2, 0) is 0 Å². The molecule has 0 unspecified atom stereocenters. The van der Waals surface area contributed by atoms with Gasteiger partial charge in [-0.25, -0.2) is 9.78 Å². The molecule has 0 aliphatic carbocycles. The molecule has 42 heavy (non-hydrogen) atoms. The number of aromatic amines is 2. The number of nitrogens with one attached hydrogen (secondary N) is 2. The maximum Gasteiger partial charge on any atom is 0.329 e. The molecule has 0 spiro atoms. The summed E-state index contributed by atoms with van der Waals surface area (Å²) < 4.78 is 7.75. The fourth-order valence-corrected chi connectivity index (χ4v) is 6.00. The lowest BCUT2D eigenvalue weighted by atomic mass is 9.92. The van der Waals surface area contributed by atoms with Crippen molar-refractivity contribution in [3.8, 4) is 34.1 Å². The van der Waals surface area contributed by atoms with Gasteiger partial charge in [0.15, 0.2) is 0 Å². The van der Waals surface area contributed by atoms with Crippen molar-refractivity contribution in [2.24, 2.45) is 0 Å². The predicted molar refractivity (Wildman–Crippen MR) is 170 cm³/mol. The highest BCUT2D eigenvalue weighted by Crippen LogP contribution is 2.40. The molecular weight excluding hydrogens is 694 g/mol. The number of imidazole rings is 2. The van der Waals surface area contributed by atoms with Gasteiger partial charge in [0.1, 0.15) is 40.3 Å². The summed E-state index contributed by atoms with van der Waals surface area (Å²) in [6.07, 6.45) is -0.759. The third kappa shape index (κ3) is 6.09. The molecular formula is C30H27Cl2IN4O5. The maximum absolute atomic E-state index is 13.5. The Labute approximate surface area is 264 Å². The Morgan fingerprint density at radius 2 is 1.69 bits per heavy atom. The van der Waals surface area contributed by atoms with Gasteiger partial charge in [0.05, 0.1) is 18.2 Å². The predicted octanol–water partition coefficient (Wildman–Crippen LogP) is 5.98. The van der Waals surface area contributed by atoms with Gasteiger partial charge < -0.3 is 30.0 Å². The standard InChI is InChI=1S/C30H27Cl2IN4O5/c1-16(17-5-3-2-4-6-17)26(28-34-25(27(32)36-28)22-12-9-19(33)13-23(22)31)37-29(40)24(35-30(37)41)18-7-10-20(11-8-18)42-21(14-38)15-39/h2-13,16,21,26,38-40H,14-15H2,1H3,(H,34,36)(H,35,41)/t16-,26-/m0/s1. The van der Waals surface area contributed by atoms with Crippen LogP contribution in [0.5, 0.6) is 11.6 Å². The third-order valence-corrected chi connectivity index (χ3v) is 8.23. The number of rotatable bonds is 10. The molecule has 0 saturated heterocycles. The number of H-pyrrole nitrogens is 2. The van der Waals surface area contributed by atoms with Crippen LogP contribution in [0.2, 0.25) is 10.2 Å². The minimum absolute atomic E-state index is 0.205. The summed E-state index contributed by atoms with van der Waals surface area (Å²) in [5, 5.41) is 30.8. The molecule has 0 amide bonds. The highest BCUT2D eigenvalue weighted by Gasteiger charge is 2.32. The zero-order valence-electron chi connectivity index (χ0n) is 22.3. The maximum atomic E-state index is 13.5. The normalized spacial score (nSPS) is 12.9. The van der Waals surface area contributed by atoms with Gasteiger partial charge in [-0.1, -0.05) is 66.5 Å². The first-order chi connectivity index (χ1) is 20.2. The minimum atomic E-state index is -0.781. The number of benzene rings is 3. The second-order valence-electron chi connectivity index (χ2n) is 9.68. The number of hydrogen-bond acceptors (Lipinski definition) is 6. The van der Waals surface area contributed by atoms with Gasteiger partial charge in [-0.15, -0.1) is 0 Å². The fraction of sp³-hybridized carbons (Fsp3) is 0.200. The van der Waals surface area contributed by atoms with Crippen molar-refractivity contribution in [2.75, 3.05) is 13.2 Å². The van der Waals surface area contributed by atoms with Gasteiger partial charge in [-0.05, 0) is 64.6 Å². The monoisotopic (exact) mass is 720 g/mol. The van der Waals surface area contributed by atoms with E-state index in [0.717, 1.165) is 9.13 Å². The van der Waals surface area contributed by atoms with Crippen LogP contribution in [0, 0.1) is 3.57 Å². The Bertz CT molecular complexity index is 1730. The lowest BCUT2D eigenvalue weighted by Gasteiger charge is -2.24.